The molecule has 0 aromatic carbocycles. The molecular weight excluding hydrogens is 271 g/mol. The molecule has 0 radical (unpaired) electrons. The van der Waals surface area contributed by atoms with Crippen molar-refractivity contribution in [2.45, 2.75) is 6.92 Å². The molecule has 1 aromatic rings. The average molecular weight is 276 g/mol. The van der Waals surface area contributed by atoms with E-state index in [0.717, 1.165) is 0 Å². The molecule has 1 heterocycles. The van der Waals surface area contributed by atoms with Gasteiger partial charge in [-0.05, 0) is 12.1 Å². The molecule has 12 heavy (non-hydrogen) atoms. The first-order valence-corrected chi connectivity index (χ1v) is 4.23. The molecule has 0 aliphatic rings. The minimum absolute atomic E-state index is 0.157. The van der Waals surface area contributed by atoms with Gasteiger partial charge in [0, 0.05) is 29.5 Å². The third-order valence-corrected chi connectivity index (χ3v) is 1.78. The van der Waals surface area contributed by atoms with Crippen molar-refractivity contribution in [3.8, 4) is 0 Å². The first-order valence-electron chi connectivity index (χ1n) is 3.16. The Balaban J connectivity index is 3.01. The van der Waals surface area contributed by atoms with Gasteiger partial charge in [-0.1, -0.05) is 0 Å². The summed E-state index contributed by atoms with van der Waals surface area (Å²) in [6.45, 7) is 1.40. The lowest BCUT2D eigenvalue weighted by molar-refractivity contribution is 0.101. The van der Waals surface area contributed by atoms with E-state index in [1.165, 1.54) is 19.1 Å². The lowest BCUT2D eigenvalue weighted by Gasteiger charge is -1.93. The lowest BCUT2D eigenvalue weighted by atomic mass is 10.3. The molecule has 0 saturated carbocycles. The lowest BCUT2D eigenvalue weighted by Crippen LogP contribution is -2.02. The molecule has 0 spiro atoms. The largest absolute Gasteiger partial charge is 0.293 e. The summed E-state index contributed by atoms with van der Waals surface area (Å²) < 4.78 is -0.185. The summed E-state index contributed by atoms with van der Waals surface area (Å²) in [6.07, 6.45) is 0. The van der Waals surface area contributed by atoms with Crippen LogP contribution in [0.3, 0.4) is 0 Å². The maximum atomic E-state index is 10.7. The van der Waals surface area contributed by atoms with Crippen molar-refractivity contribution in [2.24, 2.45) is 0 Å². The van der Waals surface area contributed by atoms with Crippen LogP contribution in [0.1, 0.15) is 27.9 Å². The van der Waals surface area contributed by atoms with Crippen molar-refractivity contribution in [3.63, 3.8) is 0 Å². The van der Waals surface area contributed by atoms with Crippen LogP contribution in [0.2, 0.25) is 0 Å². The van der Waals surface area contributed by atoms with E-state index in [0.29, 0.717) is 0 Å². The molecule has 0 aliphatic carbocycles. The summed E-state index contributed by atoms with van der Waals surface area (Å²) in [5, 5.41) is 7.15. The van der Waals surface area contributed by atoms with Crippen molar-refractivity contribution in [1.82, 2.24) is 10.2 Å². The number of aromatic nitrogens is 2. The zero-order chi connectivity index (χ0) is 9.14. The molecule has 0 unspecified atom stereocenters. The van der Waals surface area contributed by atoms with E-state index in [4.69, 9.17) is 0 Å². The van der Waals surface area contributed by atoms with E-state index in [1.54, 1.807) is 22.6 Å². The van der Waals surface area contributed by atoms with Gasteiger partial charge in [-0.15, -0.1) is 10.2 Å². The SMILES string of the molecule is CC(=O)c1ccc(C(=O)I)nn1. The van der Waals surface area contributed by atoms with Crippen molar-refractivity contribution < 1.29 is 9.59 Å². The quantitative estimate of drug-likeness (QED) is 0.463. The molecule has 62 valence electrons. The summed E-state index contributed by atoms with van der Waals surface area (Å²) in [5.74, 6) is -0.157. The van der Waals surface area contributed by atoms with Crippen LogP contribution in [-0.4, -0.2) is 19.8 Å². The average Bonchev–Trinajstić information content (AvgIpc) is 2.04. The second kappa shape index (κ2) is 3.70. The van der Waals surface area contributed by atoms with Crippen LogP contribution < -0.4 is 0 Å². The maximum Gasteiger partial charge on any atom is 0.242 e. The second-order valence-electron chi connectivity index (χ2n) is 2.13. The number of carbonyl (C=O) groups excluding carboxylic acids is 2. The topological polar surface area (TPSA) is 59.9 Å². The van der Waals surface area contributed by atoms with E-state index < -0.39 is 0 Å². The highest BCUT2D eigenvalue weighted by atomic mass is 127. The van der Waals surface area contributed by atoms with Gasteiger partial charge in [0.2, 0.25) is 3.79 Å². The van der Waals surface area contributed by atoms with Gasteiger partial charge in [0.15, 0.2) is 5.78 Å². The second-order valence-corrected chi connectivity index (χ2v) is 3.11. The van der Waals surface area contributed by atoms with Crippen LogP contribution in [0.15, 0.2) is 12.1 Å². The van der Waals surface area contributed by atoms with Crippen LogP contribution in [0.5, 0.6) is 0 Å². The van der Waals surface area contributed by atoms with Crippen molar-refractivity contribution in [3.05, 3.63) is 23.5 Å². The van der Waals surface area contributed by atoms with E-state index in [2.05, 4.69) is 10.2 Å². The number of ketones is 1. The Kier molecular flexibility index (Phi) is 2.85. The third-order valence-electron chi connectivity index (χ3n) is 1.23. The van der Waals surface area contributed by atoms with Crippen molar-refractivity contribution in [2.75, 3.05) is 0 Å². The third kappa shape index (κ3) is 2.07. The predicted octanol–water partition coefficient (Wildman–Crippen LogP) is 1.25. The monoisotopic (exact) mass is 276 g/mol. The first-order chi connectivity index (χ1) is 5.61. The highest BCUT2D eigenvalue weighted by molar-refractivity contribution is 14.1. The molecule has 0 amide bonds. The highest BCUT2D eigenvalue weighted by Crippen LogP contribution is 2.02. The summed E-state index contributed by atoms with van der Waals surface area (Å²) in [4.78, 5) is 21.5. The Labute approximate surface area is 82.5 Å². The van der Waals surface area contributed by atoms with Gasteiger partial charge in [0.25, 0.3) is 0 Å². The van der Waals surface area contributed by atoms with Crippen LogP contribution >= 0.6 is 22.6 Å². The standard InChI is InChI=1S/C7H5IN2O2/c1-4(11)5-2-3-6(7(8)12)10-9-5/h2-3H,1H3. The fraction of sp³-hybridized carbons (Fsp3) is 0.143. The molecule has 0 aliphatic heterocycles. The summed E-state index contributed by atoms with van der Waals surface area (Å²) >= 11 is 1.61. The number of hydrogen-bond acceptors (Lipinski definition) is 4. The molecule has 0 saturated heterocycles. The molecule has 0 N–H and O–H groups in total. The molecular formula is C7H5IN2O2. The molecule has 0 fully saturated rings. The molecule has 1 rings (SSSR count). The van der Waals surface area contributed by atoms with E-state index in [9.17, 15) is 9.59 Å². The molecule has 0 bridgehead atoms. The predicted molar refractivity (Wildman–Crippen MR) is 50.4 cm³/mol. The van der Waals surface area contributed by atoms with Gasteiger partial charge >= 0.3 is 0 Å². The number of rotatable bonds is 2. The number of halogens is 1. The van der Waals surface area contributed by atoms with Crippen LogP contribution in [0, 0.1) is 0 Å². The summed E-state index contributed by atoms with van der Waals surface area (Å²) in [7, 11) is 0. The Morgan fingerprint density at radius 1 is 1.25 bits per heavy atom. The smallest absolute Gasteiger partial charge is 0.242 e. The van der Waals surface area contributed by atoms with Crippen molar-refractivity contribution in [1.29, 1.82) is 0 Å². The molecule has 4 nitrogen and oxygen atoms in total. The van der Waals surface area contributed by atoms with Gasteiger partial charge < -0.3 is 0 Å². The van der Waals surface area contributed by atoms with E-state index in [1.807, 2.05) is 0 Å². The van der Waals surface area contributed by atoms with Gasteiger partial charge in [-0.3, -0.25) is 9.59 Å². The molecule has 1 aromatic heterocycles. The van der Waals surface area contributed by atoms with Gasteiger partial charge in [0.1, 0.15) is 11.4 Å². The number of hydrogen-bond donors (Lipinski definition) is 0. The maximum absolute atomic E-state index is 10.7. The Bertz CT molecular complexity index is 288. The summed E-state index contributed by atoms with van der Waals surface area (Å²) in [6, 6.07) is 2.97. The number of carbonyl (C=O) groups is 2. The van der Waals surface area contributed by atoms with Gasteiger partial charge in [-0.2, -0.15) is 0 Å². The van der Waals surface area contributed by atoms with E-state index >= 15 is 0 Å². The highest BCUT2D eigenvalue weighted by Gasteiger charge is 2.05. The first kappa shape index (κ1) is 9.24. The fourth-order valence-corrected chi connectivity index (χ4v) is 0.913. The van der Waals surface area contributed by atoms with Crippen LogP contribution in [-0.2, 0) is 0 Å². The zero-order valence-electron chi connectivity index (χ0n) is 6.24. The van der Waals surface area contributed by atoms with Crippen LogP contribution in [0.4, 0.5) is 0 Å². The van der Waals surface area contributed by atoms with Gasteiger partial charge in [0.05, 0.1) is 0 Å². The Hall–Kier alpha value is -0.850. The van der Waals surface area contributed by atoms with Gasteiger partial charge in [-0.25, -0.2) is 0 Å². The minimum Gasteiger partial charge on any atom is -0.293 e. The molecule has 0 atom stereocenters. The Morgan fingerprint density at radius 3 is 2.08 bits per heavy atom. The normalized spacial score (nSPS) is 9.50. The number of nitrogens with zero attached hydrogens (tertiary/aromatic N) is 2. The minimum atomic E-state index is -0.185. The van der Waals surface area contributed by atoms with Crippen molar-refractivity contribution >= 4 is 32.2 Å². The van der Waals surface area contributed by atoms with Crippen LogP contribution in [0.25, 0.3) is 0 Å². The number of Topliss-reactive ketones (excluding diaryl/α,β-unsaturated/α-hetero) is 1. The Morgan fingerprint density at radius 2 is 1.75 bits per heavy atom. The summed E-state index contributed by atoms with van der Waals surface area (Å²) in [5.41, 5.74) is 0.539. The van der Waals surface area contributed by atoms with E-state index in [-0.39, 0.29) is 21.0 Å². The zero-order valence-corrected chi connectivity index (χ0v) is 8.40. The molecule has 5 heteroatoms. The fourth-order valence-electron chi connectivity index (χ4n) is 0.625.